The number of nitrogens with zero attached hydrogens (tertiary/aromatic N) is 5. The largest absolute Gasteiger partial charge is 0.491 e. The molecular formula is C19H15N7O5S2. The van der Waals surface area contributed by atoms with E-state index in [1.165, 1.54) is 11.8 Å². The number of fused-ring (bicyclic) bond motifs is 1. The van der Waals surface area contributed by atoms with E-state index >= 15 is 0 Å². The average Bonchev–Trinajstić information content (AvgIpc) is 3.16. The molecule has 4 N–H and O–H groups in total. The SMILES string of the molecule is CC1=CCC2N=C(c3ccc(N=Nc4c(O)nc(NC#N)[nH]c4=O)cc3)SC2=C1S(=O)(=O)O. The molecule has 1 aliphatic carbocycles. The molecule has 0 radical (unpaired) electrons. The molecule has 1 aromatic heterocycles. The Morgan fingerprint density at radius 3 is 2.67 bits per heavy atom. The Bertz CT molecular complexity index is 1470. The van der Waals surface area contributed by atoms with Gasteiger partial charge in [-0.1, -0.05) is 30.0 Å². The fraction of sp³-hybridized carbons (Fsp3) is 0.158. The predicted molar refractivity (Wildman–Crippen MR) is 121 cm³/mol. The lowest BCUT2D eigenvalue weighted by atomic mass is 10.0. The Kier molecular flexibility index (Phi) is 5.85. The highest BCUT2D eigenvalue weighted by Crippen LogP contribution is 2.43. The number of aromatic nitrogens is 2. The molecule has 4 rings (SSSR count). The van der Waals surface area contributed by atoms with Crippen molar-refractivity contribution in [1.82, 2.24) is 9.97 Å². The van der Waals surface area contributed by atoms with Gasteiger partial charge in [0.15, 0.2) is 6.19 Å². The van der Waals surface area contributed by atoms with Crippen molar-refractivity contribution in [2.45, 2.75) is 19.4 Å². The maximum atomic E-state index is 12.0. The van der Waals surface area contributed by atoms with Crippen LogP contribution < -0.4 is 10.9 Å². The third-order valence-electron chi connectivity index (χ3n) is 4.70. The molecule has 0 saturated carbocycles. The number of nitrogens with one attached hydrogen (secondary N) is 2. The Labute approximate surface area is 191 Å². The summed E-state index contributed by atoms with van der Waals surface area (Å²) in [6, 6.07) is 6.25. The lowest BCUT2D eigenvalue weighted by Gasteiger charge is -2.17. The fourth-order valence-corrected chi connectivity index (χ4v) is 5.73. The molecule has 0 fully saturated rings. The number of aromatic amines is 1. The summed E-state index contributed by atoms with van der Waals surface area (Å²) >= 11 is 1.19. The van der Waals surface area contributed by atoms with Gasteiger partial charge in [-0.25, -0.2) is 0 Å². The van der Waals surface area contributed by atoms with E-state index in [2.05, 4.69) is 30.5 Å². The molecule has 2 aliphatic rings. The summed E-state index contributed by atoms with van der Waals surface area (Å²) in [6.45, 7) is 1.64. The number of nitriles is 1. The van der Waals surface area contributed by atoms with E-state index in [1.807, 2.05) is 0 Å². The van der Waals surface area contributed by atoms with E-state index < -0.39 is 27.2 Å². The molecule has 0 bridgehead atoms. The first-order valence-electron chi connectivity index (χ1n) is 9.32. The van der Waals surface area contributed by atoms with Gasteiger partial charge in [-0.15, -0.1) is 5.11 Å². The van der Waals surface area contributed by atoms with Gasteiger partial charge in [-0.05, 0) is 31.1 Å². The van der Waals surface area contributed by atoms with Crippen LogP contribution in [0.3, 0.4) is 0 Å². The van der Waals surface area contributed by atoms with Crippen LogP contribution in [0.1, 0.15) is 18.9 Å². The van der Waals surface area contributed by atoms with Crippen molar-refractivity contribution < 1.29 is 18.1 Å². The highest BCUT2D eigenvalue weighted by molar-refractivity contribution is 8.18. The lowest BCUT2D eigenvalue weighted by Crippen LogP contribution is -2.15. The molecule has 2 heterocycles. The normalized spacial score (nSPS) is 18.0. The Morgan fingerprint density at radius 2 is 2.03 bits per heavy atom. The van der Waals surface area contributed by atoms with Gasteiger partial charge in [0.2, 0.25) is 17.5 Å². The minimum absolute atomic E-state index is 0.0949. The first-order valence-corrected chi connectivity index (χ1v) is 11.6. The van der Waals surface area contributed by atoms with Crippen LogP contribution in [0.15, 0.2) is 65.7 Å². The summed E-state index contributed by atoms with van der Waals surface area (Å²) in [4.78, 5) is 22.8. The molecule has 14 heteroatoms. The van der Waals surface area contributed by atoms with Crippen molar-refractivity contribution in [2.24, 2.45) is 15.2 Å². The third kappa shape index (κ3) is 4.55. The van der Waals surface area contributed by atoms with Crippen molar-refractivity contribution in [3.05, 3.63) is 61.6 Å². The van der Waals surface area contributed by atoms with Crippen LogP contribution in [0.4, 0.5) is 17.3 Å². The zero-order valence-electron chi connectivity index (χ0n) is 16.8. The van der Waals surface area contributed by atoms with E-state index in [4.69, 9.17) is 5.26 Å². The predicted octanol–water partition coefficient (Wildman–Crippen LogP) is 3.10. The van der Waals surface area contributed by atoms with Gasteiger partial charge in [0, 0.05) is 10.5 Å². The number of aromatic hydroxyl groups is 1. The smallest absolute Gasteiger partial charge is 0.295 e. The van der Waals surface area contributed by atoms with Crippen LogP contribution in [-0.4, -0.2) is 39.1 Å². The molecule has 1 aliphatic heterocycles. The number of azo groups is 1. The minimum Gasteiger partial charge on any atom is -0.491 e. The first-order chi connectivity index (χ1) is 15.7. The van der Waals surface area contributed by atoms with E-state index in [0.29, 0.717) is 33.2 Å². The summed E-state index contributed by atoms with van der Waals surface area (Å²) < 4.78 is 33.3. The average molecular weight is 486 g/mol. The highest BCUT2D eigenvalue weighted by atomic mass is 32.2. The molecule has 0 spiro atoms. The molecular weight excluding hydrogens is 470 g/mol. The van der Waals surface area contributed by atoms with Crippen molar-refractivity contribution in [2.75, 3.05) is 5.32 Å². The second-order valence-corrected chi connectivity index (χ2v) is 9.30. The lowest BCUT2D eigenvalue weighted by molar-refractivity contribution is 0.453. The maximum absolute atomic E-state index is 12.0. The summed E-state index contributed by atoms with van der Waals surface area (Å²) in [5, 5.41) is 28.7. The third-order valence-corrected chi connectivity index (χ3v) is 7.12. The van der Waals surface area contributed by atoms with Crippen molar-refractivity contribution >= 4 is 44.2 Å². The molecule has 0 saturated heterocycles. The zero-order chi connectivity index (χ0) is 23.8. The first kappa shape index (κ1) is 22.4. The highest BCUT2D eigenvalue weighted by Gasteiger charge is 2.35. The van der Waals surface area contributed by atoms with Gasteiger partial charge in [0.05, 0.1) is 11.7 Å². The molecule has 2 aromatic rings. The Balaban J connectivity index is 1.56. The molecule has 33 heavy (non-hydrogen) atoms. The van der Waals surface area contributed by atoms with Crippen molar-refractivity contribution in [1.29, 1.82) is 5.26 Å². The number of aliphatic imine (C=N–C) groups is 1. The number of thioether (sulfide) groups is 1. The van der Waals surface area contributed by atoms with Crippen LogP contribution in [0.25, 0.3) is 0 Å². The van der Waals surface area contributed by atoms with E-state index in [1.54, 1.807) is 43.5 Å². The van der Waals surface area contributed by atoms with Gasteiger partial charge in [-0.2, -0.15) is 23.8 Å². The number of anilines is 1. The van der Waals surface area contributed by atoms with Gasteiger partial charge < -0.3 is 5.11 Å². The summed E-state index contributed by atoms with van der Waals surface area (Å²) in [7, 11) is -4.37. The molecule has 1 atom stereocenters. The van der Waals surface area contributed by atoms with E-state index in [9.17, 15) is 22.9 Å². The van der Waals surface area contributed by atoms with E-state index in [0.717, 1.165) is 0 Å². The van der Waals surface area contributed by atoms with Crippen LogP contribution >= 0.6 is 11.8 Å². The number of rotatable bonds is 5. The number of benzene rings is 1. The second-order valence-electron chi connectivity index (χ2n) is 6.91. The van der Waals surface area contributed by atoms with Gasteiger partial charge in [0.25, 0.3) is 15.7 Å². The maximum Gasteiger partial charge on any atom is 0.295 e. The number of allylic oxidation sites excluding steroid dienone is 1. The Hall–Kier alpha value is -3.80. The molecule has 168 valence electrons. The second kappa shape index (κ2) is 8.62. The topological polar surface area (TPSA) is 193 Å². The van der Waals surface area contributed by atoms with Crippen LogP contribution in [0.2, 0.25) is 0 Å². The van der Waals surface area contributed by atoms with E-state index in [-0.39, 0.29) is 16.9 Å². The van der Waals surface area contributed by atoms with Crippen LogP contribution in [0, 0.1) is 11.5 Å². The Morgan fingerprint density at radius 1 is 1.30 bits per heavy atom. The quantitative estimate of drug-likeness (QED) is 0.213. The molecule has 12 nitrogen and oxygen atoms in total. The molecule has 1 aromatic carbocycles. The fourth-order valence-electron chi connectivity index (χ4n) is 3.23. The van der Waals surface area contributed by atoms with Gasteiger partial charge >= 0.3 is 0 Å². The van der Waals surface area contributed by atoms with Gasteiger partial charge in [-0.3, -0.25) is 24.6 Å². The summed E-state index contributed by atoms with van der Waals surface area (Å²) in [5.41, 5.74) is 0.366. The molecule has 1 unspecified atom stereocenters. The van der Waals surface area contributed by atoms with Crippen LogP contribution in [-0.2, 0) is 10.1 Å². The number of hydrogen-bond acceptors (Lipinski definition) is 11. The number of H-pyrrole nitrogens is 1. The van der Waals surface area contributed by atoms with Gasteiger partial charge in [0.1, 0.15) is 9.95 Å². The summed E-state index contributed by atoms with van der Waals surface area (Å²) in [5.74, 6) is -0.917. The minimum atomic E-state index is -4.37. The zero-order valence-corrected chi connectivity index (χ0v) is 18.5. The van der Waals surface area contributed by atoms with Crippen molar-refractivity contribution in [3.8, 4) is 12.1 Å². The molecule has 0 amide bonds. The van der Waals surface area contributed by atoms with Crippen molar-refractivity contribution in [3.63, 3.8) is 0 Å². The van der Waals surface area contributed by atoms with Crippen LogP contribution in [0.5, 0.6) is 5.88 Å². The summed E-state index contributed by atoms with van der Waals surface area (Å²) in [6.07, 6.45) is 3.84. The standard InChI is InChI=1S/C19H15N7O5S2/c1-9-2-7-12-14(15(9)33(29,30)31)32-18(22-12)10-3-5-11(6-4-10)25-26-13-16(27)23-19(21-8-20)24-17(13)28/h2-6,12H,7H2,1H3,(H,29,30,31)(H3,21,23,24,27,28). The number of hydrogen-bond donors (Lipinski definition) is 4. The monoisotopic (exact) mass is 485 g/mol.